The number of carbonyl (C=O) groups is 3. The summed E-state index contributed by atoms with van der Waals surface area (Å²) >= 11 is 12.0. The third kappa shape index (κ3) is 7.48. The third-order valence-corrected chi connectivity index (χ3v) is 5.02. The molecular weight excluding hydrogens is 467 g/mol. The molecule has 33 heavy (non-hydrogen) atoms. The Morgan fingerprint density at radius 1 is 0.909 bits per heavy atom. The van der Waals surface area contributed by atoms with Gasteiger partial charge in [-0.2, -0.15) is 0 Å². The molecule has 0 aliphatic carbocycles. The number of pyridine rings is 1. The van der Waals surface area contributed by atoms with Gasteiger partial charge in [-0.25, -0.2) is 4.98 Å². The predicted octanol–water partition coefficient (Wildman–Crippen LogP) is 4.54. The number of carboxylic acid groups (broad SMARTS) is 1. The minimum absolute atomic E-state index is 0.190. The Hall–Kier alpha value is -3.62. The van der Waals surface area contributed by atoms with Crippen molar-refractivity contribution in [3.63, 3.8) is 0 Å². The molecule has 3 rings (SSSR count). The zero-order valence-corrected chi connectivity index (χ0v) is 18.7. The number of hydrogen-bond donors (Lipinski definition) is 4. The van der Waals surface area contributed by atoms with E-state index in [9.17, 15) is 19.5 Å². The number of carboxylic acids is 1. The smallest absolute Gasteiger partial charge is 0.303 e. The number of rotatable bonds is 8. The fourth-order valence-corrected chi connectivity index (χ4v) is 3.67. The van der Waals surface area contributed by atoms with E-state index in [2.05, 4.69) is 21.2 Å². The number of amides is 2. The van der Waals surface area contributed by atoms with Gasteiger partial charge in [-0.15, -0.1) is 0 Å². The van der Waals surface area contributed by atoms with Gasteiger partial charge < -0.3 is 10.4 Å². The van der Waals surface area contributed by atoms with Crippen molar-refractivity contribution in [3.05, 3.63) is 88.0 Å². The number of carbonyl (C=O) groups excluding carboxylic acids is 2. The molecule has 8 nitrogen and oxygen atoms in total. The zero-order valence-electron chi connectivity index (χ0n) is 17.2. The van der Waals surface area contributed by atoms with Gasteiger partial charge in [0.25, 0.3) is 5.91 Å². The van der Waals surface area contributed by atoms with Crippen LogP contribution in [0.5, 0.6) is 0 Å². The second-order valence-electron chi connectivity index (χ2n) is 7.12. The van der Waals surface area contributed by atoms with Crippen LogP contribution in [-0.4, -0.2) is 27.9 Å². The number of anilines is 2. The topological polar surface area (TPSA) is 120 Å². The zero-order chi connectivity index (χ0) is 23.8. The van der Waals surface area contributed by atoms with Gasteiger partial charge in [-0.05, 0) is 54.1 Å². The monoisotopic (exact) mass is 486 g/mol. The molecule has 10 heteroatoms. The molecule has 0 bridgehead atoms. The maximum Gasteiger partial charge on any atom is 0.303 e. The van der Waals surface area contributed by atoms with Gasteiger partial charge in [0.05, 0.1) is 6.42 Å². The number of nitrogens with zero attached hydrogens (tertiary/aromatic N) is 1. The van der Waals surface area contributed by atoms with Crippen LogP contribution < -0.4 is 16.2 Å². The van der Waals surface area contributed by atoms with E-state index in [1.807, 2.05) is 6.07 Å². The minimum Gasteiger partial charge on any atom is -0.481 e. The number of benzene rings is 2. The molecule has 1 atom stereocenters. The van der Waals surface area contributed by atoms with Gasteiger partial charge in [-0.1, -0.05) is 35.3 Å². The van der Waals surface area contributed by atoms with Crippen LogP contribution in [0.25, 0.3) is 0 Å². The van der Waals surface area contributed by atoms with Crippen LogP contribution >= 0.6 is 23.2 Å². The SMILES string of the molecule is O=C(O)CC(CC(=O)NNC(=O)c1cccc(Nc2ccccn2)c1)c1cc(Cl)cc(Cl)c1. The van der Waals surface area contributed by atoms with Gasteiger partial charge in [0.2, 0.25) is 5.91 Å². The highest BCUT2D eigenvalue weighted by atomic mass is 35.5. The molecule has 4 N–H and O–H groups in total. The minimum atomic E-state index is -1.08. The van der Waals surface area contributed by atoms with Crippen molar-refractivity contribution >= 4 is 52.5 Å². The van der Waals surface area contributed by atoms with Crippen molar-refractivity contribution in [2.45, 2.75) is 18.8 Å². The maximum absolute atomic E-state index is 12.5. The van der Waals surface area contributed by atoms with Crippen molar-refractivity contribution < 1.29 is 19.5 Å². The van der Waals surface area contributed by atoms with Gasteiger partial charge in [-0.3, -0.25) is 25.2 Å². The summed E-state index contributed by atoms with van der Waals surface area (Å²) in [7, 11) is 0. The first-order chi connectivity index (χ1) is 15.8. The molecular formula is C23H20Cl2N4O4. The maximum atomic E-state index is 12.5. The van der Waals surface area contributed by atoms with Crippen molar-refractivity contribution in [3.8, 4) is 0 Å². The van der Waals surface area contributed by atoms with Crippen molar-refractivity contribution in [1.82, 2.24) is 15.8 Å². The summed E-state index contributed by atoms with van der Waals surface area (Å²) in [5.41, 5.74) is 6.13. The third-order valence-electron chi connectivity index (χ3n) is 4.59. The molecule has 1 aromatic heterocycles. The van der Waals surface area contributed by atoms with E-state index in [1.165, 1.54) is 6.07 Å². The Morgan fingerprint density at radius 2 is 1.67 bits per heavy atom. The quantitative estimate of drug-likeness (QED) is 0.346. The molecule has 0 spiro atoms. The normalized spacial score (nSPS) is 11.3. The summed E-state index contributed by atoms with van der Waals surface area (Å²) in [6.07, 6.45) is 1.15. The van der Waals surface area contributed by atoms with Crippen molar-refractivity contribution in [2.24, 2.45) is 0 Å². The number of aromatic nitrogens is 1. The second kappa shape index (κ2) is 11.3. The van der Waals surface area contributed by atoms with E-state index in [-0.39, 0.29) is 12.8 Å². The van der Waals surface area contributed by atoms with Gasteiger partial charge in [0.15, 0.2) is 0 Å². The van der Waals surface area contributed by atoms with Crippen LogP contribution in [0.15, 0.2) is 66.9 Å². The Labute approximate surface area is 199 Å². The Morgan fingerprint density at radius 3 is 2.33 bits per heavy atom. The summed E-state index contributed by atoms with van der Waals surface area (Å²) in [4.78, 5) is 40.3. The van der Waals surface area contributed by atoms with Crippen LogP contribution in [0.4, 0.5) is 11.5 Å². The number of hydrogen-bond acceptors (Lipinski definition) is 5. The van der Waals surface area contributed by atoms with Crippen LogP contribution in [0.3, 0.4) is 0 Å². The molecule has 0 aliphatic heterocycles. The summed E-state index contributed by atoms with van der Waals surface area (Å²) in [6, 6.07) is 16.7. The standard InChI is InChI=1S/C23H20Cl2N4O4/c24-17-8-15(9-18(25)13-17)16(12-22(31)32)11-21(30)28-29-23(33)14-4-3-5-19(10-14)27-20-6-1-2-7-26-20/h1-10,13,16H,11-12H2,(H,26,27)(H,28,30)(H,29,33)(H,31,32). The Bertz CT molecular complexity index is 1140. The molecule has 1 unspecified atom stereocenters. The summed E-state index contributed by atoms with van der Waals surface area (Å²) in [6.45, 7) is 0. The molecule has 0 radical (unpaired) electrons. The van der Waals surface area contributed by atoms with Crippen LogP contribution in [0.1, 0.15) is 34.7 Å². The van der Waals surface area contributed by atoms with Gasteiger partial charge >= 0.3 is 5.97 Å². The lowest BCUT2D eigenvalue weighted by molar-refractivity contribution is -0.137. The highest BCUT2D eigenvalue weighted by molar-refractivity contribution is 6.34. The first kappa shape index (κ1) is 24.0. The van der Waals surface area contributed by atoms with E-state index >= 15 is 0 Å². The predicted molar refractivity (Wildman–Crippen MR) is 126 cm³/mol. The molecule has 0 fully saturated rings. The molecule has 0 saturated heterocycles. The van der Waals surface area contributed by atoms with Crippen LogP contribution in [0, 0.1) is 0 Å². The number of nitrogens with one attached hydrogen (secondary N) is 3. The number of halogens is 2. The van der Waals surface area contributed by atoms with Crippen molar-refractivity contribution in [2.75, 3.05) is 5.32 Å². The number of hydrazine groups is 1. The molecule has 1 heterocycles. The average Bonchev–Trinajstić information content (AvgIpc) is 2.77. The lowest BCUT2D eigenvalue weighted by Gasteiger charge is -2.16. The fraction of sp³-hybridized carbons (Fsp3) is 0.130. The first-order valence-electron chi connectivity index (χ1n) is 9.85. The summed E-state index contributed by atoms with van der Waals surface area (Å²) in [5, 5.41) is 13.0. The van der Waals surface area contributed by atoms with Crippen molar-refractivity contribution in [1.29, 1.82) is 0 Å². The lowest BCUT2D eigenvalue weighted by Crippen LogP contribution is -2.42. The van der Waals surface area contributed by atoms with Gasteiger partial charge in [0.1, 0.15) is 5.82 Å². The van der Waals surface area contributed by atoms with Gasteiger partial charge in [0, 0.05) is 39.8 Å². The van der Waals surface area contributed by atoms with Crippen LogP contribution in [0.2, 0.25) is 10.0 Å². The highest BCUT2D eigenvalue weighted by Gasteiger charge is 2.21. The van der Waals surface area contributed by atoms with E-state index in [4.69, 9.17) is 23.2 Å². The van der Waals surface area contributed by atoms with Crippen LogP contribution in [-0.2, 0) is 9.59 Å². The molecule has 0 aliphatic rings. The highest BCUT2D eigenvalue weighted by Crippen LogP contribution is 2.29. The van der Waals surface area contributed by atoms with E-state index in [1.54, 1.807) is 54.7 Å². The lowest BCUT2D eigenvalue weighted by atomic mass is 9.92. The molecule has 170 valence electrons. The average molecular weight is 487 g/mol. The molecule has 0 saturated carbocycles. The van der Waals surface area contributed by atoms with E-state index < -0.39 is 23.7 Å². The second-order valence-corrected chi connectivity index (χ2v) is 8.00. The summed E-state index contributed by atoms with van der Waals surface area (Å²) in [5.74, 6) is -2.23. The molecule has 3 aromatic rings. The van der Waals surface area contributed by atoms with E-state index in [0.717, 1.165) is 0 Å². The number of aliphatic carboxylic acids is 1. The Balaban J connectivity index is 1.61. The molecule has 2 amide bonds. The summed E-state index contributed by atoms with van der Waals surface area (Å²) < 4.78 is 0. The fourth-order valence-electron chi connectivity index (χ4n) is 3.13. The largest absolute Gasteiger partial charge is 0.481 e. The first-order valence-corrected chi connectivity index (χ1v) is 10.6. The van der Waals surface area contributed by atoms with E-state index in [0.29, 0.717) is 32.7 Å². The molecule has 2 aromatic carbocycles. The Kier molecular flexibility index (Phi) is 8.23.